The zero-order chi connectivity index (χ0) is 18.0. The van der Waals surface area contributed by atoms with E-state index < -0.39 is 16.1 Å². The van der Waals surface area contributed by atoms with E-state index in [2.05, 4.69) is 79.4 Å². The molecule has 0 aliphatic heterocycles. The first-order chi connectivity index (χ1) is 11.1. The van der Waals surface area contributed by atoms with Gasteiger partial charge in [0.25, 0.3) is 0 Å². The van der Waals surface area contributed by atoms with Gasteiger partial charge in [0, 0.05) is 26.3 Å². The van der Waals surface area contributed by atoms with E-state index in [4.69, 9.17) is 4.74 Å². The van der Waals surface area contributed by atoms with E-state index in [9.17, 15) is 0 Å². The van der Waals surface area contributed by atoms with Gasteiger partial charge in [-0.25, -0.2) is 4.98 Å². The van der Waals surface area contributed by atoms with Gasteiger partial charge < -0.3 is 4.74 Å². The Bertz CT molecular complexity index is 771. The first-order valence-corrected chi connectivity index (χ1v) is 15.8. The highest BCUT2D eigenvalue weighted by molar-refractivity contribution is 6.83. The number of ether oxygens (including phenoxy) is 1. The molecule has 0 radical (unpaired) electrons. The zero-order valence-corrected chi connectivity index (χ0v) is 18.2. The van der Waals surface area contributed by atoms with Crippen LogP contribution in [0.3, 0.4) is 0 Å². The molecule has 0 atom stereocenters. The Morgan fingerprint density at radius 2 is 1.83 bits per heavy atom. The molecule has 24 heavy (non-hydrogen) atoms. The Morgan fingerprint density at radius 1 is 1.12 bits per heavy atom. The summed E-state index contributed by atoms with van der Waals surface area (Å²) in [4.78, 5) is 4.61. The van der Waals surface area contributed by atoms with Crippen molar-refractivity contribution in [1.82, 2.24) is 9.55 Å². The normalized spacial score (nSPS) is 12.3. The van der Waals surface area contributed by atoms with Crippen molar-refractivity contribution in [3.8, 4) is 11.5 Å². The summed E-state index contributed by atoms with van der Waals surface area (Å²) in [5.74, 6) is 3.38. The van der Waals surface area contributed by atoms with Gasteiger partial charge in [-0.1, -0.05) is 45.2 Å². The molecule has 2 heterocycles. The van der Waals surface area contributed by atoms with Gasteiger partial charge in [-0.3, -0.25) is 4.57 Å². The van der Waals surface area contributed by atoms with Crippen molar-refractivity contribution < 1.29 is 4.74 Å². The topological polar surface area (TPSA) is 27.1 Å². The van der Waals surface area contributed by atoms with E-state index in [0.717, 1.165) is 23.3 Å². The third-order valence-electron chi connectivity index (χ3n) is 3.65. The fourth-order valence-electron chi connectivity index (χ4n) is 2.28. The predicted octanol–water partition coefficient (Wildman–Crippen LogP) is 4.89. The maximum Gasteiger partial charge on any atom is 0.142 e. The van der Waals surface area contributed by atoms with Crippen molar-refractivity contribution in [3.63, 3.8) is 0 Å². The molecule has 0 aliphatic rings. The van der Waals surface area contributed by atoms with Crippen molar-refractivity contribution in [2.75, 3.05) is 6.61 Å². The van der Waals surface area contributed by atoms with Crippen LogP contribution in [0.2, 0.25) is 45.3 Å². The lowest BCUT2D eigenvalue weighted by Crippen LogP contribution is -2.22. The van der Waals surface area contributed by atoms with Gasteiger partial charge in [-0.15, -0.1) is 5.54 Å². The second kappa shape index (κ2) is 7.26. The number of aryl methyl sites for hydroxylation is 1. The van der Waals surface area contributed by atoms with E-state index in [1.807, 2.05) is 6.20 Å². The van der Waals surface area contributed by atoms with Gasteiger partial charge in [0.1, 0.15) is 20.5 Å². The first-order valence-electron chi connectivity index (χ1n) is 8.62. The highest BCUT2D eigenvalue weighted by atomic mass is 28.3. The maximum absolute atomic E-state index is 5.97. The molecule has 0 saturated heterocycles. The lowest BCUT2D eigenvalue weighted by molar-refractivity contribution is 0.0894. The molecule has 0 unspecified atom stereocenters. The molecule has 5 heteroatoms. The Hall–Kier alpha value is -1.36. The summed E-state index contributed by atoms with van der Waals surface area (Å²) < 4.78 is 8.08. The number of rotatable bonds is 5. The zero-order valence-electron chi connectivity index (χ0n) is 16.2. The lowest BCUT2D eigenvalue weighted by Gasteiger charge is -2.16. The molecule has 2 aromatic heterocycles. The van der Waals surface area contributed by atoms with Crippen molar-refractivity contribution in [2.45, 2.75) is 59.0 Å². The molecule has 0 aromatic carbocycles. The average Bonchev–Trinajstić information content (AvgIpc) is 2.76. The van der Waals surface area contributed by atoms with Gasteiger partial charge >= 0.3 is 0 Å². The summed E-state index contributed by atoms with van der Waals surface area (Å²) in [6, 6.07) is 5.49. The Morgan fingerprint density at radius 3 is 2.46 bits per heavy atom. The molecule has 3 nitrogen and oxygen atoms in total. The van der Waals surface area contributed by atoms with Crippen LogP contribution in [0.15, 0.2) is 18.3 Å². The summed E-state index contributed by atoms with van der Waals surface area (Å²) >= 11 is 0. The second-order valence-corrected chi connectivity index (χ2v) is 19.1. The average molecular weight is 359 g/mol. The van der Waals surface area contributed by atoms with Crippen LogP contribution in [0.25, 0.3) is 11.0 Å². The minimum Gasteiger partial charge on any atom is -0.361 e. The van der Waals surface area contributed by atoms with Crippen molar-refractivity contribution in [2.24, 2.45) is 0 Å². The van der Waals surface area contributed by atoms with Gasteiger partial charge in [0.05, 0.1) is 5.69 Å². The van der Waals surface area contributed by atoms with Crippen LogP contribution >= 0.6 is 0 Å². The van der Waals surface area contributed by atoms with Crippen LogP contribution < -0.4 is 0 Å². The number of nitrogens with zero attached hydrogens (tertiary/aromatic N) is 2. The Balaban J connectivity index is 2.28. The van der Waals surface area contributed by atoms with Crippen LogP contribution in [0.1, 0.15) is 11.3 Å². The number of fused-ring (bicyclic) bond motifs is 1. The number of hydrogen-bond acceptors (Lipinski definition) is 2. The standard InChI is InChI=1S/C19H30N2OSi2/c1-16-12-17-13-18(8-10-23(2,3)4)21(19(17)20-14-16)15-22-9-11-24(5,6)7/h12-14H,9,11,15H2,1-7H3. The van der Waals surface area contributed by atoms with Crippen LogP contribution in [0.4, 0.5) is 0 Å². The molecule has 0 fully saturated rings. The summed E-state index contributed by atoms with van der Waals surface area (Å²) in [5, 5.41) is 1.14. The minimum atomic E-state index is -1.42. The quantitative estimate of drug-likeness (QED) is 0.432. The van der Waals surface area contributed by atoms with Gasteiger partial charge in [0.2, 0.25) is 0 Å². The van der Waals surface area contributed by atoms with Crippen LogP contribution in [-0.4, -0.2) is 32.3 Å². The third kappa shape index (κ3) is 5.62. The predicted molar refractivity (Wildman–Crippen MR) is 109 cm³/mol. The summed E-state index contributed by atoms with van der Waals surface area (Å²) in [6.07, 6.45) is 1.91. The number of pyridine rings is 1. The number of hydrogen-bond donors (Lipinski definition) is 0. The van der Waals surface area contributed by atoms with Crippen molar-refractivity contribution in [3.05, 3.63) is 29.6 Å². The molecule has 2 aromatic rings. The van der Waals surface area contributed by atoms with E-state index in [0.29, 0.717) is 6.73 Å². The van der Waals surface area contributed by atoms with Crippen LogP contribution in [0.5, 0.6) is 0 Å². The van der Waals surface area contributed by atoms with Gasteiger partial charge in [-0.05, 0) is 30.7 Å². The molecule has 0 saturated carbocycles. The smallest absolute Gasteiger partial charge is 0.142 e. The largest absolute Gasteiger partial charge is 0.361 e. The Labute approximate surface area is 148 Å². The monoisotopic (exact) mass is 358 g/mol. The molecule has 0 amide bonds. The molecule has 0 N–H and O–H groups in total. The van der Waals surface area contributed by atoms with Crippen molar-refractivity contribution in [1.29, 1.82) is 0 Å². The minimum absolute atomic E-state index is 0.528. The molecular weight excluding hydrogens is 328 g/mol. The lowest BCUT2D eigenvalue weighted by atomic mass is 10.2. The maximum atomic E-state index is 5.97. The van der Waals surface area contributed by atoms with E-state index in [-0.39, 0.29) is 0 Å². The van der Waals surface area contributed by atoms with E-state index in [1.165, 1.54) is 11.6 Å². The van der Waals surface area contributed by atoms with Crippen LogP contribution in [0, 0.1) is 18.4 Å². The fourth-order valence-corrected chi connectivity index (χ4v) is 3.54. The summed E-state index contributed by atoms with van der Waals surface area (Å²) in [6.45, 7) is 17.3. The van der Waals surface area contributed by atoms with E-state index >= 15 is 0 Å². The van der Waals surface area contributed by atoms with Crippen molar-refractivity contribution >= 4 is 27.2 Å². The fraction of sp³-hybridized carbons (Fsp3) is 0.526. The second-order valence-electron chi connectivity index (χ2n) is 8.73. The molecule has 130 valence electrons. The third-order valence-corrected chi connectivity index (χ3v) is 6.23. The van der Waals surface area contributed by atoms with Gasteiger partial charge in [-0.2, -0.15) is 0 Å². The number of aromatic nitrogens is 2. The molecule has 0 bridgehead atoms. The van der Waals surface area contributed by atoms with Gasteiger partial charge in [0.15, 0.2) is 0 Å². The highest BCUT2D eigenvalue weighted by Crippen LogP contribution is 2.19. The molecule has 0 spiro atoms. The molecular formula is C19H30N2OSi2. The molecule has 2 rings (SSSR count). The highest BCUT2D eigenvalue weighted by Gasteiger charge is 2.14. The Kier molecular flexibility index (Phi) is 5.74. The first kappa shape index (κ1) is 19.0. The van der Waals surface area contributed by atoms with Crippen LogP contribution in [-0.2, 0) is 11.5 Å². The summed E-state index contributed by atoms with van der Waals surface area (Å²) in [5.41, 5.74) is 6.61. The summed E-state index contributed by atoms with van der Waals surface area (Å²) in [7, 11) is -2.48. The SMILES string of the molecule is Cc1cnc2c(c1)cc(C#C[Si](C)(C)C)n2COCC[Si](C)(C)C. The van der Waals surface area contributed by atoms with E-state index in [1.54, 1.807) is 0 Å². The molecule has 0 aliphatic carbocycles.